The standard InChI is InChI=1S/C28H34F3NO4S/c1-7-8-19(13-16(2)3)27(28(29,30)31)15-26(22(37-27)23(33)35-26)18-10-11-20-17(14-18)9-12-21(20)32-24(34)36-25(4,5)6/h8,10-11,13-14,21-22H,7,9,12,15H2,1-6H3,(H,32,34)/b19-8+. The van der Waals surface area contributed by atoms with Crippen LogP contribution in [0.25, 0.3) is 0 Å². The Balaban J connectivity index is 1.68. The van der Waals surface area contributed by atoms with Gasteiger partial charge in [0.15, 0.2) is 5.60 Å². The van der Waals surface area contributed by atoms with Crippen molar-refractivity contribution in [3.8, 4) is 0 Å². The predicted molar refractivity (Wildman–Crippen MR) is 137 cm³/mol. The number of rotatable bonds is 5. The summed E-state index contributed by atoms with van der Waals surface area (Å²) in [5.74, 6) is -0.617. The van der Waals surface area contributed by atoms with E-state index in [-0.39, 0.29) is 18.0 Å². The second kappa shape index (κ2) is 9.40. The largest absolute Gasteiger partial charge is 0.451 e. The van der Waals surface area contributed by atoms with Crippen molar-refractivity contribution in [2.75, 3.05) is 0 Å². The molecule has 0 aromatic heterocycles. The topological polar surface area (TPSA) is 64.6 Å². The Kier molecular flexibility index (Phi) is 7.01. The summed E-state index contributed by atoms with van der Waals surface area (Å²) >= 11 is 0.668. The number of benzene rings is 1. The fourth-order valence-corrected chi connectivity index (χ4v) is 7.18. The number of thioether (sulfide) groups is 1. The maximum Gasteiger partial charge on any atom is 0.408 e. The molecule has 0 radical (unpaired) electrons. The molecular weight excluding hydrogens is 503 g/mol. The highest BCUT2D eigenvalue weighted by atomic mass is 32.2. The number of amides is 1. The molecule has 202 valence electrons. The molecule has 37 heavy (non-hydrogen) atoms. The number of esters is 1. The lowest BCUT2D eigenvalue weighted by molar-refractivity contribution is -0.200. The van der Waals surface area contributed by atoms with E-state index in [0.29, 0.717) is 36.6 Å². The molecule has 1 aromatic rings. The van der Waals surface area contributed by atoms with Gasteiger partial charge in [-0.05, 0) is 76.1 Å². The summed E-state index contributed by atoms with van der Waals surface area (Å²) in [6, 6.07) is 5.17. The van der Waals surface area contributed by atoms with E-state index in [9.17, 15) is 22.8 Å². The highest BCUT2D eigenvalue weighted by molar-refractivity contribution is 8.02. The molecule has 1 N–H and O–H groups in total. The predicted octanol–water partition coefficient (Wildman–Crippen LogP) is 7.06. The summed E-state index contributed by atoms with van der Waals surface area (Å²) in [4.78, 5) is 24.8. The first-order valence-corrected chi connectivity index (χ1v) is 13.5. The molecule has 2 heterocycles. The van der Waals surface area contributed by atoms with Crippen LogP contribution in [-0.2, 0) is 26.3 Å². The third-order valence-electron chi connectivity index (χ3n) is 6.94. The lowest BCUT2D eigenvalue weighted by Crippen LogP contribution is -2.55. The quantitative estimate of drug-likeness (QED) is 0.322. The fraction of sp³-hybridized carbons (Fsp3) is 0.571. The summed E-state index contributed by atoms with van der Waals surface area (Å²) < 4.78 is 53.2. The Morgan fingerprint density at radius 1 is 1.27 bits per heavy atom. The van der Waals surface area contributed by atoms with E-state index in [1.165, 1.54) is 0 Å². The molecule has 4 atom stereocenters. The van der Waals surface area contributed by atoms with Gasteiger partial charge in [0.2, 0.25) is 0 Å². The van der Waals surface area contributed by atoms with Gasteiger partial charge < -0.3 is 14.8 Å². The molecule has 2 fully saturated rings. The van der Waals surface area contributed by atoms with Crippen molar-refractivity contribution in [3.63, 3.8) is 0 Å². The summed E-state index contributed by atoms with van der Waals surface area (Å²) in [7, 11) is 0. The van der Waals surface area contributed by atoms with Crippen molar-refractivity contribution < 1.29 is 32.2 Å². The molecule has 5 nitrogen and oxygen atoms in total. The lowest BCUT2D eigenvalue weighted by Gasteiger charge is -2.43. The molecule has 0 spiro atoms. The minimum atomic E-state index is -4.59. The number of nitrogens with one attached hydrogen (secondary N) is 1. The van der Waals surface area contributed by atoms with Gasteiger partial charge in [0.25, 0.3) is 0 Å². The zero-order valence-electron chi connectivity index (χ0n) is 22.0. The van der Waals surface area contributed by atoms with Gasteiger partial charge in [0, 0.05) is 6.42 Å². The number of alkyl carbamates (subject to hydrolysis) is 1. The summed E-state index contributed by atoms with van der Waals surface area (Å²) in [5.41, 5.74) is 1.34. The van der Waals surface area contributed by atoms with Crippen LogP contribution in [0.1, 0.15) is 83.5 Å². The first kappa shape index (κ1) is 27.6. The molecule has 4 unspecified atom stereocenters. The molecule has 3 aliphatic rings. The van der Waals surface area contributed by atoms with Crippen molar-refractivity contribution in [1.82, 2.24) is 5.32 Å². The number of carbonyl (C=O) groups excluding carboxylic acids is 2. The molecule has 0 saturated carbocycles. The van der Waals surface area contributed by atoms with Gasteiger partial charge in [0.1, 0.15) is 15.6 Å². The Morgan fingerprint density at radius 3 is 2.54 bits per heavy atom. The van der Waals surface area contributed by atoms with Gasteiger partial charge in [0.05, 0.1) is 6.04 Å². The van der Waals surface area contributed by atoms with Crippen LogP contribution in [0.5, 0.6) is 0 Å². The van der Waals surface area contributed by atoms with E-state index in [1.54, 1.807) is 59.8 Å². The Bertz CT molecular complexity index is 1160. The van der Waals surface area contributed by atoms with Gasteiger partial charge in [-0.3, -0.25) is 4.79 Å². The van der Waals surface area contributed by atoms with Crippen molar-refractivity contribution >= 4 is 23.8 Å². The number of carbonyl (C=O) groups is 2. The third kappa shape index (κ3) is 4.91. The molecule has 1 aliphatic carbocycles. The number of hydrogen-bond donors (Lipinski definition) is 1. The van der Waals surface area contributed by atoms with Crippen LogP contribution >= 0.6 is 11.8 Å². The number of hydrogen-bond acceptors (Lipinski definition) is 5. The number of halogens is 3. The number of fused-ring (bicyclic) bond motifs is 2. The van der Waals surface area contributed by atoms with Crippen LogP contribution in [-0.4, -0.2) is 33.8 Å². The molecule has 2 saturated heterocycles. The van der Waals surface area contributed by atoms with E-state index in [2.05, 4.69) is 5.32 Å². The highest BCUT2D eigenvalue weighted by Gasteiger charge is 2.75. The third-order valence-corrected chi connectivity index (χ3v) is 8.77. The van der Waals surface area contributed by atoms with Crippen molar-refractivity contribution in [2.45, 2.75) is 101 Å². The lowest BCUT2D eigenvalue weighted by atomic mass is 9.75. The second-order valence-electron chi connectivity index (χ2n) is 11.3. The smallest absolute Gasteiger partial charge is 0.408 e. The van der Waals surface area contributed by atoms with Gasteiger partial charge in [-0.25, -0.2) is 4.79 Å². The molecular formula is C28H34F3NO4S. The van der Waals surface area contributed by atoms with Crippen LogP contribution in [0.4, 0.5) is 18.0 Å². The molecule has 1 amide bonds. The fourth-order valence-electron chi connectivity index (χ4n) is 5.47. The first-order valence-electron chi connectivity index (χ1n) is 12.6. The second-order valence-corrected chi connectivity index (χ2v) is 12.7. The van der Waals surface area contributed by atoms with E-state index in [0.717, 1.165) is 16.7 Å². The van der Waals surface area contributed by atoms with Crippen LogP contribution in [0.15, 0.2) is 41.5 Å². The zero-order valence-corrected chi connectivity index (χ0v) is 22.9. The van der Waals surface area contributed by atoms with Crippen LogP contribution in [0.3, 0.4) is 0 Å². The maximum absolute atomic E-state index is 14.8. The Morgan fingerprint density at radius 2 is 1.97 bits per heavy atom. The minimum Gasteiger partial charge on any atom is -0.451 e. The Hall–Kier alpha value is -2.42. The number of aryl methyl sites for hydroxylation is 1. The Labute approximate surface area is 220 Å². The van der Waals surface area contributed by atoms with Crippen LogP contribution in [0.2, 0.25) is 0 Å². The molecule has 1 aromatic carbocycles. The van der Waals surface area contributed by atoms with E-state index in [1.807, 2.05) is 12.1 Å². The van der Waals surface area contributed by atoms with Crippen LogP contribution < -0.4 is 5.32 Å². The zero-order chi connectivity index (χ0) is 27.4. The van der Waals surface area contributed by atoms with Gasteiger partial charge in [-0.1, -0.05) is 42.8 Å². The monoisotopic (exact) mass is 537 g/mol. The summed E-state index contributed by atoms with van der Waals surface area (Å²) in [6.07, 6.45) is -0.564. The van der Waals surface area contributed by atoms with Crippen molar-refractivity contribution in [1.29, 1.82) is 0 Å². The summed E-state index contributed by atoms with van der Waals surface area (Å²) in [6.45, 7) is 10.7. The van der Waals surface area contributed by atoms with Gasteiger partial charge in [-0.2, -0.15) is 13.2 Å². The normalized spacial score (nSPS) is 29.1. The van der Waals surface area contributed by atoms with E-state index < -0.39 is 39.4 Å². The molecule has 0 bridgehead atoms. The van der Waals surface area contributed by atoms with E-state index >= 15 is 0 Å². The van der Waals surface area contributed by atoms with Crippen molar-refractivity contribution in [2.24, 2.45) is 0 Å². The highest BCUT2D eigenvalue weighted by Crippen LogP contribution is 2.68. The number of allylic oxidation sites excluding steroid dienone is 3. The molecule has 2 aliphatic heterocycles. The van der Waals surface area contributed by atoms with Gasteiger partial charge in [-0.15, -0.1) is 11.8 Å². The number of alkyl halides is 3. The SMILES string of the molecule is CC/C=C(\C=C(C)C)C1(C(F)(F)F)CC2(c3ccc4c(c3)CCC4NC(=O)OC(C)(C)C)OC(=O)C2S1. The number of ether oxygens (including phenoxy) is 2. The maximum atomic E-state index is 14.8. The van der Waals surface area contributed by atoms with Crippen LogP contribution in [0, 0.1) is 0 Å². The van der Waals surface area contributed by atoms with E-state index in [4.69, 9.17) is 9.47 Å². The van der Waals surface area contributed by atoms with Gasteiger partial charge >= 0.3 is 18.2 Å². The minimum absolute atomic E-state index is 0.167. The summed E-state index contributed by atoms with van der Waals surface area (Å²) in [5, 5.41) is 1.94. The average Bonchev–Trinajstić information content (AvgIpc) is 3.28. The average molecular weight is 538 g/mol. The van der Waals surface area contributed by atoms with Crippen molar-refractivity contribution in [3.05, 3.63) is 58.2 Å². The molecule has 4 rings (SSSR count). The first-order chi connectivity index (χ1) is 17.1. The molecule has 9 heteroatoms.